The molecular formula is C19H20N2OS2. The van der Waals surface area contributed by atoms with E-state index < -0.39 is 0 Å². The average molecular weight is 357 g/mol. The zero-order valence-electron chi connectivity index (χ0n) is 14.1. The summed E-state index contributed by atoms with van der Waals surface area (Å²) in [6.07, 6.45) is 3.18. The normalized spacial score (nSPS) is 11.1. The fraction of sp³-hybridized carbons (Fsp3) is 0.316. The van der Waals surface area contributed by atoms with Crippen LogP contribution in [0.25, 0.3) is 21.3 Å². The highest BCUT2D eigenvalue weighted by Crippen LogP contribution is 2.42. The third kappa shape index (κ3) is 3.52. The van der Waals surface area contributed by atoms with Gasteiger partial charge in [-0.1, -0.05) is 36.8 Å². The van der Waals surface area contributed by atoms with Crippen LogP contribution in [-0.2, 0) is 11.2 Å². The van der Waals surface area contributed by atoms with Crippen LogP contribution in [0.4, 0.5) is 0 Å². The van der Waals surface area contributed by atoms with Crippen LogP contribution in [0.5, 0.6) is 0 Å². The maximum Gasteiger partial charge on any atom is 0.130 e. The molecule has 0 fully saturated rings. The monoisotopic (exact) mass is 356 g/mol. The number of fused-ring (bicyclic) bond motifs is 1. The second-order valence-electron chi connectivity index (χ2n) is 5.78. The molecule has 0 aliphatic rings. The number of hydrogen-bond acceptors (Lipinski definition) is 5. The number of nitrogens with zero attached hydrogens (tertiary/aromatic N) is 2. The molecule has 124 valence electrons. The number of Topliss-reactive ketones (excluding diaryl/α,β-unsaturated/α-hetero) is 1. The lowest BCUT2D eigenvalue weighted by Crippen LogP contribution is -1.93. The van der Waals surface area contributed by atoms with Gasteiger partial charge in [-0.05, 0) is 25.8 Å². The Morgan fingerprint density at radius 1 is 1.21 bits per heavy atom. The standard InChI is InChI=1S/C19H20N2OS2/c1-4-15-16(14-7-5-12(2)6-8-14)17-18(23-10-9-13(3)22)20-11-21-19(17)24-15/h5-8,11H,4,9-10H2,1-3H3. The molecule has 0 saturated carbocycles. The van der Waals surface area contributed by atoms with E-state index in [0.717, 1.165) is 27.4 Å². The number of aromatic nitrogens is 2. The number of thiophene rings is 1. The van der Waals surface area contributed by atoms with Gasteiger partial charge in [0.1, 0.15) is 22.0 Å². The van der Waals surface area contributed by atoms with Crippen molar-refractivity contribution in [2.75, 3.05) is 5.75 Å². The van der Waals surface area contributed by atoms with Crippen molar-refractivity contribution in [1.29, 1.82) is 0 Å². The van der Waals surface area contributed by atoms with Crippen molar-refractivity contribution >= 4 is 39.1 Å². The summed E-state index contributed by atoms with van der Waals surface area (Å²) < 4.78 is 0. The van der Waals surface area contributed by atoms with E-state index in [1.54, 1.807) is 36.3 Å². The summed E-state index contributed by atoms with van der Waals surface area (Å²) in [5, 5.41) is 2.12. The first-order valence-electron chi connectivity index (χ1n) is 8.05. The fourth-order valence-corrected chi connectivity index (χ4v) is 4.84. The molecule has 3 rings (SSSR count). The van der Waals surface area contributed by atoms with Crippen molar-refractivity contribution in [2.45, 2.75) is 38.6 Å². The zero-order chi connectivity index (χ0) is 17.1. The third-order valence-corrected chi connectivity index (χ3v) is 6.11. The van der Waals surface area contributed by atoms with Crippen LogP contribution in [0.15, 0.2) is 35.6 Å². The van der Waals surface area contributed by atoms with Crippen LogP contribution in [0.2, 0.25) is 0 Å². The van der Waals surface area contributed by atoms with Gasteiger partial charge in [0, 0.05) is 22.6 Å². The van der Waals surface area contributed by atoms with Crippen molar-refractivity contribution in [1.82, 2.24) is 9.97 Å². The molecule has 0 atom stereocenters. The topological polar surface area (TPSA) is 42.9 Å². The molecule has 0 saturated heterocycles. The second-order valence-corrected chi connectivity index (χ2v) is 7.95. The van der Waals surface area contributed by atoms with Gasteiger partial charge in [-0.3, -0.25) is 4.79 Å². The summed E-state index contributed by atoms with van der Waals surface area (Å²) >= 11 is 3.39. The minimum Gasteiger partial charge on any atom is -0.300 e. The first-order valence-corrected chi connectivity index (χ1v) is 9.86. The van der Waals surface area contributed by atoms with Gasteiger partial charge in [-0.15, -0.1) is 23.1 Å². The van der Waals surface area contributed by atoms with E-state index in [2.05, 4.69) is 48.1 Å². The van der Waals surface area contributed by atoms with Crippen LogP contribution in [-0.4, -0.2) is 21.5 Å². The van der Waals surface area contributed by atoms with Crippen molar-refractivity contribution < 1.29 is 4.79 Å². The van der Waals surface area contributed by atoms with Gasteiger partial charge in [-0.25, -0.2) is 9.97 Å². The number of benzene rings is 1. The molecule has 24 heavy (non-hydrogen) atoms. The highest BCUT2D eigenvalue weighted by Gasteiger charge is 2.18. The molecule has 2 heterocycles. The molecule has 0 unspecified atom stereocenters. The summed E-state index contributed by atoms with van der Waals surface area (Å²) in [6.45, 7) is 5.91. The van der Waals surface area contributed by atoms with E-state index in [1.807, 2.05) is 0 Å². The lowest BCUT2D eigenvalue weighted by molar-refractivity contribution is -0.116. The van der Waals surface area contributed by atoms with Crippen molar-refractivity contribution in [3.63, 3.8) is 0 Å². The Balaban J connectivity index is 2.11. The Labute approximate surface area is 150 Å². The van der Waals surface area contributed by atoms with Gasteiger partial charge >= 0.3 is 0 Å². The summed E-state index contributed by atoms with van der Waals surface area (Å²) in [4.78, 5) is 22.6. The second kappa shape index (κ2) is 7.45. The van der Waals surface area contributed by atoms with Gasteiger partial charge in [0.2, 0.25) is 0 Å². The van der Waals surface area contributed by atoms with Crippen molar-refractivity contribution in [3.05, 3.63) is 41.0 Å². The number of thioether (sulfide) groups is 1. The number of hydrogen-bond donors (Lipinski definition) is 0. The summed E-state index contributed by atoms with van der Waals surface area (Å²) in [7, 11) is 0. The lowest BCUT2D eigenvalue weighted by atomic mass is 10.0. The Morgan fingerprint density at radius 3 is 2.62 bits per heavy atom. The van der Waals surface area contributed by atoms with Gasteiger partial charge in [-0.2, -0.15) is 0 Å². The molecule has 0 aliphatic heterocycles. The fourth-order valence-electron chi connectivity index (χ4n) is 2.63. The predicted molar refractivity (Wildman–Crippen MR) is 103 cm³/mol. The van der Waals surface area contributed by atoms with Crippen LogP contribution in [0.3, 0.4) is 0 Å². The highest BCUT2D eigenvalue weighted by molar-refractivity contribution is 7.99. The van der Waals surface area contributed by atoms with Gasteiger partial charge in [0.25, 0.3) is 0 Å². The molecule has 5 heteroatoms. The maximum absolute atomic E-state index is 11.2. The molecule has 0 radical (unpaired) electrons. The van der Waals surface area contributed by atoms with Gasteiger partial charge in [0.15, 0.2) is 0 Å². The third-order valence-electron chi connectivity index (χ3n) is 3.88. The van der Waals surface area contributed by atoms with Crippen LogP contribution >= 0.6 is 23.1 Å². The number of carbonyl (C=O) groups is 1. The molecule has 0 N–H and O–H groups in total. The first-order chi connectivity index (χ1) is 11.6. The molecule has 0 bridgehead atoms. The molecule has 3 nitrogen and oxygen atoms in total. The van der Waals surface area contributed by atoms with Gasteiger partial charge < -0.3 is 0 Å². The minimum absolute atomic E-state index is 0.214. The lowest BCUT2D eigenvalue weighted by Gasteiger charge is -2.07. The van der Waals surface area contributed by atoms with Crippen molar-refractivity contribution in [3.8, 4) is 11.1 Å². The van der Waals surface area contributed by atoms with Crippen LogP contribution in [0, 0.1) is 6.92 Å². The van der Waals surface area contributed by atoms with Crippen LogP contribution < -0.4 is 0 Å². The number of rotatable bonds is 6. The molecule has 1 aromatic carbocycles. The molecule has 0 amide bonds. The smallest absolute Gasteiger partial charge is 0.130 e. The SMILES string of the molecule is CCc1sc2ncnc(SCCC(C)=O)c2c1-c1ccc(C)cc1. The number of aryl methyl sites for hydroxylation is 2. The van der Waals surface area contributed by atoms with E-state index in [-0.39, 0.29) is 5.78 Å². The summed E-state index contributed by atoms with van der Waals surface area (Å²) in [6, 6.07) is 8.63. The largest absolute Gasteiger partial charge is 0.300 e. The molecule has 3 aromatic rings. The van der Waals surface area contributed by atoms with E-state index >= 15 is 0 Å². The van der Waals surface area contributed by atoms with E-state index in [1.165, 1.54) is 21.6 Å². The molecular weight excluding hydrogens is 336 g/mol. The Hall–Kier alpha value is -1.72. The van der Waals surface area contributed by atoms with Gasteiger partial charge in [0.05, 0.1) is 5.39 Å². The number of ketones is 1. The zero-order valence-corrected chi connectivity index (χ0v) is 15.8. The van der Waals surface area contributed by atoms with Crippen LogP contribution in [0.1, 0.15) is 30.7 Å². The minimum atomic E-state index is 0.214. The summed E-state index contributed by atoms with van der Waals surface area (Å²) in [5.41, 5.74) is 3.72. The molecule has 2 aromatic heterocycles. The van der Waals surface area contributed by atoms with E-state index in [4.69, 9.17) is 0 Å². The molecule has 0 aliphatic carbocycles. The Kier molecular flexibility index (Phi) is 5.31. The Bertz CT molecular complexity index is 869. The Morgan fingerprint density at radius 2 is 1.96 bits per heavy atom. The first kappa shape index (κ1) is 17.1. The predicted octanol–water partition coefficient (Wildman–Crippen LogP) is 5.30. The van der Waals surface area contributed by atoms with Crippen molar-refractivity contribution in [2.24, 2.45) is 0 Å². The van der Waals surface area contributed by atoms with E-state index in [0.29, 0.717) is 6.42 Å². The number of carbonyl (C=O) groups excluding carboxylic acids is 1. The molecule has 0 spiro atoms. The highest BCUT2D eigenvalue weighted by atomic mass is 32.2. The van der Waals surface area contributed by atoms with E-state index in [9.17, 15) is 4.79 Å². The maximum atomic E-state index is 11.2. The quantitative estimate of drug-likeness (QED) is 0.444. The average Bonchev–Trinajstić information content (AvgIpc) is 2.95. The summed E-state index contributed by atoms with van der Waals surface area (Å²) in [5.74, 6) is 0.970.